The van der Waals surface area contributed by atoms with Gasteiger partial charge in [0, 0.05) is 17.7 Å². The average Bonchev–Trinajstić information content (AvgIpc) is 3.45. The summed E-state index contributed by atoms with van der Waals surface area (Å²) in [5.74, 6) is -2.31. The molecule has 11 heteroatoms. The minimum Gasteiger partial charge on any atom is -0.507 e. The molecule has 0 saturated carbocycles. The largest absolute Gasteiger partial charge is 0.507 e. The van der Waals surface area contributed by atoms with E-state index in [-0.39, 0.29) is 27.5 Å². The maximum Gasteiger partial charge on any atom is 0.301 e. The average molecular weight is 534 g/mol. The first-order valence-electron chi connectivity index (χ1n) is 11.6. The molecule has 4 aromatic rings. The van der Waals surface area contributed by atoms with E-state index in [9.17, 15) is 29.2 Å². The number of ether oxygens (including phenoxy) is 1. The molecule has 1 aliphatic heterocycles. The zero-order valence-electron chi connectivity index (χ0n) is 20.0. The van der Waals surface area contributed by atoms with Gasteiger partial charge in [0.05, 0.1) is 33.4 Å². The van der Waals surface area contributed by atoms with E-state index in [0.717, 1.165) is 22.7 Å². The normalized spacial score (nSPS) is 16.8. The van der Waals surface area contributed by atoms with Crippen molar-refractivity contribution in [1.29, 1.82) is 0 Å². The third-order valence-corrected chi connectivity index (χ3v) is 7.00. The quantitative estimate of drug-likeness (QED) is 0.105. The van der Waals surface area contributed by atoms with Crippen molar-refractivity contribution < 1.29 is 28.7 Å². The summed E-state index contributed by atoms with van der Waals surface area (Å²) < 4.78 is 19.8. The van der Waals surface area contributed by atoms with Crippen LogP contribution in [0.2, 0.25) is 0 Å². The van der Waals surface area contributed by atoms with E-state index >= 15 is 0 Å². The van der Waals surface area contributed by atoms with Gasteiger partial charge in [-0.15, -0.1) is 0 Å². The number of Topliss-reactive ketones (excluding diaryl/α,β-unsaturated/α-hetero) is 1. The van der Waals surface area contributed by atoms with E-state index in [1.54, 1.807) is 24.3 Å². The van der Waals surface area contributed by atoms with Crippen molar-refractivity contribution in [3.63, 3.8) is 0 Å². The van der Waals surface area contributed by atoms with Crippen molar-refractivity contribution in [1.82, 2.24) is 4.98 Å². The van der Waals surface area contributed by atoms with Crippen LogP contribution in [-0.2, 0) is 9.59 Å². The highest BCUT2D eigenvalue weighted by atomic mass is 32.1. The predicted molar refractivity (Wildman–Crippen MR) is 140 cm³/mol. The van der Waals surface area contributed by atoms with Gasteiger partial charge in [-0.2, -0.15) is 0 Å². The fraction of sp³-hybridized carbons (Fsp3) is 0.148. The lowest BCUT2D eigenvalue weighted by Gasteiger charge is -2.22. The SMILES string of the molecule is CCCOc1ccc(/C(O)=C2\C(=O)C(=O)N(c3nc4ccc(F)cc4s3)C2c2cccc([N+](=O)[O-])c2)cc1. The molecular weight excluding hydrogens is 513 g/mol. The number of nitrogens with zero attached hydrogens (tertiary/aromatic N) is 3. The van der Waals surface area contributed by atoms with Gasteiger partial charge in [0.1, 0.15) is 17.3 Å². The number of amides is 1. The molecule has 0 spiro atoms. The molecule has 3 aromatic carbocycles. The second-order valence-corrected chi connectivity index (χ2v) is 9.51. The van der Waals surface area contributed by atoms with Gasteiger partial charge in [0.2, 0.25) is 0 Å². The van der Waals surface area contributed by atoms with Crippen molar-refractivity contribution in [2.24, 2.45) is 0 Å². The summed E-state index contributed by atoms with van der Waals surface area (Å²) in [6.07, 6.45) is 0.812. The molecule has 0 aliphatic carbocycles. The summed E-state index contributed by atoms with van der Waals surface area (Å²) in [5, 5.41) is 22.8. The van der Waals surface area contributed by atoms with Crippen molar-refractivity contribution in [3.8, 4) is 5.75 Å². The zero-order valence-corrected chi connectivity index (χ0v) is 20.8. The van der Waals surface area contributed by atoms with Crippen LogP contribution < -0.4 is 9.64 Å². The molecule has 1 atom stereocenters. The van der Waals surface area contributed by atoms with Crippen molar-refractivity contribution in [2.75, 3.05) is 11.5 Å². The first-order chi connectivity index (χ1) is 18.3. The topological polar surface area (TPSA) is 123 Å². The van der Waals surface area contributed by atoms with Crippen LogP contribution in [0.3, 0.4) is 0 Å². The lowest BCUT2D eigenvalue weighted by Crippen LogP contribution is -2.29. The van der Waals surface area contributed by atoms with Gasteiger partial charge in [-0.25, -0.2) is 9.37 Å². The highest BCUT2D eigenvalue weighted by Gasteiger charge is 2.48. The summed E-state index contributed by atoms with van der Waals surface area (Å²) in [4.78, 5) is 43.1. The molecule has 1 fully saturated rings. The van der Waals surface area contributed by atoms with Gasteiger partial charge in [0.15, 0.2) is 5.13 Å². The summed E-state index contributed by atoms with van der Waals surface area (Å²) in [6, 6.07) is 14.6. The molecule has 1 saturated heterocycles. The molecule has 192 valence electrons. The molecule has 1 amide bonds. The number of fused-ring (bicyclic) bond motifs is 1. The summed E-state index contributed by atoms with van der Waals surface area (Å²) in [7, 11) is 0. The maximum atomic E-state index is 13.8. The van der Waals surface area contributed by atoms with Gasteiger partial charge in [0.25, 0.3) is 11.5 Å². The van der Waals surface area contributed by atoms with E-state index in [0.29, 0.717) is 22.6 Å². The molecule has 5 rings (SSSR count). The number of thiazole rings is 1. The Labute approximate surface area is 219 Å². The minimum absolute atomic E-state index is 0.0894. The second-order valence-electron chi connectivity index (χ2n) is 8.50. The van der Waals surface area contributed by atoms with Gasteiger partial charge < -0.3 is 9.84 Å². The Bertz CT molecular complexity index is 1610. The Balaban J connectivity index is 1.68. The number of benzene rings is 3. The van der Waals surface area contributed by atoms with Crippen LogP contribution in [0.1, 0.15) is 30.5 Å². The number of rotatable bonds is 7. The molecule has 0 bridgehead atoms. The second kappa shape index (κ2) is 10.0. The van der Waals surface area contributed by atoms with Gasteiger partial charge in [-0.3, -0.25) is 24.6 Å². The number of aromatic nitrogens is 1. The maximum absolute atomic E-state index is 13.8. The number of halogens is 1. The number of hydrogen-bond acceptors (Lipinski definition) is 8. The molecule has 1 N–H and O–H groups in total. The number of nitro benzene ring substituents is 1. The van der Waals surface area contributed by atoms with E-state index < -0.39 is 34.2 Å². The van der Waals surface area contributed by atoms with Gasteiger partial charge in [-0.05, 0) is 54.4 Å². The Kier molecular flexibility index (Phi) is 6.60. The number of aliphatic hydroxyl groups excluding tert-OH is 1. The molecule has 9 nitrogen and oxygen atoms in total. The number of hydrogen-bond donors (Lipinski definition) is 1. The van der Waals surface area contributed by atoms with Crippen LogP contribution in [0, 0.1) is 15.9 Å². The summed E-state index contributed by atoms with van der Waals surface area (Å²) in [6.45, 7) is 2.48. The number of carbonyl (C=O) groups excluding carboxylic acids is 2. The fourth-order valence-corrected chi connectivity index (χ4v) is 5.24. The zero-order chi connectivity index (χ0) is 27.0. The highest BCUT2D eigenvalue weighted by Crippen LogP contribution is 2.45. The van der Waals surface area contributed by atoms with Crippen LogP contribution in [0.5, 0.6) is 5.75 Å². The number of aliphatic hydroxyl groups is 1. The Morgan fingerprint density at radius 1 is 1.16 bits per heavy atom. The number of ketones is 1. The van der Waals surface area contributed by atoms with Crippen LogP contribution >= 0.6 is 11.3 Å². The minimum atomic E-state index is -1.21. The molecule has 0 radical (unpaired) electrons. The molecule has 1 aliphatic rings. The summed E-state index contributed by atoms with van der Waals surface area (Å²) in [5.41, 5.74) is 0.399. The Morgan fingerprint density at radius 2 is 1.92 bits per heavy atom. The number of non-ortho nitro benzene ring substituents is 1. The van der Waals surface area contributed by atoms with Gasteiger partial charge >= 0.3 is 5.91 Å². The molecule has 2 heterocycles. The van der Waals surface area contributed by atoms with Crippen LogP contribution in [0.25, 0.3) is 16.0 Å². The number of anilines is 1. The standard InChI is InChI=1S/C27H20FN3O6S/c1-2-12-37-19-9-6-15(7-10-19)24(32)22-23(16-4-3-5-18(13-16)31(35)36)30(26(34)25(22)33)27-29-20-11-8-17(28)14-21(20)38-27/h3-11,13-14,23,32H,2,12H2,1H3/b24-22+. The van der Waals surface area contributed by atoms with E-state index in [1.165, 1.54) is 42.5 Å². The molecule has 38 heavy (non-hydrogen) atoms. The number of nitro groups is 1. The third kappa shape index (κ3) is 4.48. The predicted octanol–water partition coefficient (Wildman–Crippen LogP) is 5.76. The monoisotopic (exact) mass is 533 g/mol. The fourth-order valence-electron chi connectivity index (χ4n) is 4.23. The smallest absolute Gasteiger partial charge is 0.301 e. The molecular formula is C27H20FN3O6S. The number of carbonyl (C=O) groups is 2. The third-order valence-electron chi connectivity index (χ3n) is 5.99. The van der Waals surface area contributed by atoms with Crippen LogP contribution in [-0.4, -0.2) is 33.3 Å². The van der Waals surface area contributed by atoms with E-state index in [2.05, 4.69) is 4.98 Å². The van der Waals surface area contributed by atoms with Crippen molar-refractivity contribution >= 4 is 49.8 Å². The van der Waals surface area contributed by atoms with Crippen LogP contribution in [0.15, 0.2) is 72.3 Å². The highest BCUT2D eigenvalue weighted by molar-refractivity contribution is 7.22. The lowest BCUT2D eigenvalue weighted by molar-refractivity contribution is -0.384. The van der Waals surface area contributed by atoms with E-state index in [4.69, 9.17) is 4.74 Å². The Hall–Kier alpha value is -4.64. The summed E-state index contributed by atoms with van der Waals surface area (Å²) >= 11 is 0.990. The van der Waals surface area contributed by atoms with Gasteiger partial charge in [-0.1, -0.05) is 30.4 Å². The molecule has 1 unspecified atom stereocenters. The Morgan fingerprint density at radius 3 is 2.63 bits per heavy atom. The first kappa shape index (κ1) is 25.0. The van der Waals surface area contributed by atoms with Crippen molar-refractivity contribution in [2.45, 2.75) is 19.4 Å². The van der Waals surface area contributed by atoms with E-state index in [1.807, 2.05) is 6.92 Å². The van der Waals surface area contributed by atoms with Crippen molar-refractivity contribution in [3.05, 3.63) is 99.4 Å². The first-order valence-corrected chi connectivity index (χ1v) is 12.4. The van der Waals surface area contributed by atoms with Crippen LogP contribution in [0.4, 0.5) is 15.2 Å². The lowest BCUT2D eigenvalue weighted by atomic mass is 9.95. The molecule has 1 aromatic heterocycles.